The smallest absolute Gasteiger partial charge is 0.416 e. The monoisotopic (exact) mass is 726 g/mol. The van der Waals surface area contributed by atoms with Crippen molar-refractivity contribution in [3.8, 4) is 0 Å². The Bertz CT molecular complexity index is 1320. The second-order valence-electron chi connectivity index (χ2n) is 12.1. The number of anilines is 1. The Labute approximate surface area is 298 Å². The largest absolute Gasteiger partial charge is 0.480 e. The number of fused-ring (bicyclic) bond motifs is 1. The number of nitrogens with zero attached hydrogens (tertiary/aromatic N) is 1. The van der Waals surface area contributed by atoms with Crippen molar-refractivity contribution in [2.45, 2.75) is 86.7 Å². The molecule has 0 fully saturated rings. The van der Waals surface area contributed by atoms with E-state index in [1.807, 2.05) is 48.8 Å². The first-order chi connectivity index (χ1) is 23.6. The van der Waals surface area contributed by atoms with Crippen molar-refractivity contribution in [2.75, 3.05) is 37.7 Å². The lowest BCUT2D eigenvalue weighted by atomic mass is 10.1. The topological polar surface area (TPSA) is 254 Å². The molecular formula is C33H54N6O12. The number of benzene rings is 1. The van der Waals surface area contributed by atoms with Crippen molar-refractivity contribution in [3.63, 3.8) is 0 Å². The predicted octanol–water partition coefficient (Wildman–Crippen LogP) is 2.85. The number of hydrogen-bond acceptors (Lipinski definition) is 12. The molecule has 0 aliphatic carbocycles. The number of Topliss-reactive ketones (excluding diaryl/α,β-unsaturated/α-hetero) is 1. The fourth-order valence-corrected chi connectivity index (χ4v) is 3.19. The van der Waals surface area contributed by atoms with Crippen molar-refractivity contribution in [3.05, 3.63) is 35.9 Å². The van der Waals surface area contributed by atoms with E-state index in [4.69, 9.17) is 24.1 Å². The fraction of sp³-hybridized carbons (Fsp3) is 0.545. The highest BCUT2D eigenvalue weighted by Crippen LogP contribution is 2.29. The van der Waals surface area contributed by atoms with Gasteiger partial charge in [-0.25, -0.2) is 25.1 Å². The minimum atomic E-state index is -1.10. The molecule has 51 heavy (non-hydrogen) atoms. The van der Waals surface area contributed by atoms with Gasteiger partial charge < -0.3 is 40.0 Å². The van der Waals surface area contributed by atoms with Crippen LogP contribution in [0, 0.1) is 0 Å². The molecule has 1 unspecified atom stereocenters. The number of ether oxygens (including phenoxy) is 4. The van der Waals surface area contributed by atoms with E-state index in [9.17, 15) is 33.6 Å². The predicted molar refractivity (Wildman–Crippen MR) is 188 cm³/mol. The van der Waals surface area contributed by atoms with Gasteiger partial charge in [-0.15, -0.1) is 0 Å². The van der Waals surface area contributed by atoms with Crippen LogP contribution in [0.1, 0.15) is 74.8 Å². The molecule has 1 atom stereocenters. The van der Waals surface area contributed by atoms with E-state index >= 15 is 0 Å². The average molecular weight is 727 g/mol. The normalized spacial score (nSPS) is 12.6. The molecule has 0 aromatic heterocycles. The molecule has 0 radical (unpaired) electrons. The van der Waals surface area contributed by atoms with Gasteiger partial charge in [-0.3, -0.25) is 24.6 Å². The molecular weight excluding hydrogens is 672 g/mol. The van der Waals surface area contributed by atoms with Gasteiger partial charge in [-0.05, 0) is 73.1 Å². The van der Waals surface area contributed by atoms with E-state index in [2.05, 4.69) is 21.8 Å². The van der Waals surface area contributed by atoms with Gasteiger partial charge in [-0.2, -0.15) is 0 Å². The highest BCUT2D eigenvalue weighted by atomic mass is 16.6. The van der Waals surface area contributed by atoms with Crippen LogP contribution in [0.4, 0.5) is 20.1 Å². The summed E-state index contributed by atoms with van der Waals surface area (Å²) in [6, 6.07) is 7.68. The highest BCUT2D eigenvalue weighted by Gasteiger charge is 2.29. The Balaban J connectivity index is 0. The summed E-state index contributed by atoms with van der Waals surface area (Å²) in [5.74, 6) is 2.68. The van der Waals surface area contributed by atoms with Crippen LogP contribution in [-0.2, 0) is 38.1 Å². The second-order valence-corrected chi connectivity index (χ2v) is 12.1. The number of amides is 5. The quantitative estimate of drug-likeness (QED) is 0.0928. The number of carboxylic acids is 1. The van der Waals surface area contributed by atoms with Crippen LogP contribution in [0.5, 0.6) is 0 Å². The molecule has 1 aromatic rings. The molecule has 0 bridgehead atoms. The Kier molecular flexibility index (Phi) is 23.3. The van der Waals surface area contributed by atoms with Crippen molar-refractivity contribution < 1.29 is 57.6 Å². The van der Waals surface area contributed by atoms with E-state index < -0.39 is 42.1 Å². The Hall–Kier alpha value is -5.23. The molecule has 1 aliphatic heterocycles. The number of para-hydroxylation sites is 1. The number of hydrogen-bond donors (Lipinski definition) is 6. The van der Waals surface area contributed by atoms with Crippen LogP contribution in [0.15, 0.2) is 30.3 Å². The molecule has 1 aliphatic rings. The number of aliphatic carboxylic acids is 1. The molecule has 288 valence electrons. The number of ketones is 1. The number of carbonyl (C=O) groups excluding carboxylic acids is 6. The van der Waals surface area contributed by atoms with Crippen LogP contribution in [0.3, 0.4) is 0 Å². The van der Waals surface area contributed by atoms with Gasteiger partial charge in [0.15, 0.2) is 12.0 Å². The zero-order valence-electron chi connectivity index (χ0n) is 31.0. The van der Waals surface area contributed by atoms with Crippen molar-refractivity contribution >= 4 is 53.6 Å². The minimum absolute atomic E-state index is 0.0921. The molecule has 7 N–H and O–H groups in total. The number of hydrazine groups is 1. The Morgan fingerprint density at radius 3 is 1.71 bits per heavy atom. The van der Waals surface area contributed by atoms with Gasteiger partial charge in [-0.1, -0.05) is 24.3 Å². The van der Waals surface area contributed by atoms with Crippen LogP contribution in [-0.4, -0.2) is 97.2 Å². The summed E-state index contributed by atoms with van der Waals surface area (Å²) in [5.41, 5.74) is 2.51. The maximum Gasteiger partial charge on any atom is 0.416 e. The third-order valence-corrected chi connectivity index (χ3v) is 5.04. The molecule has 0 spiro atoms. The fourth-order valence-electron chi connectivity index (χ4n) is 3.19. The molecule has 0 saturated heterocycles. The van der Waals surface area contributed by atoms with Crippen molar-refractivity contribution in [1.29, 1.82) is 0 Å². The van der Waals surface area contributed by atoms with E-state index in [0.717, 1.165) is 11.3 Å². The zero-order valence-corrected chi connectivity index (χ0v) is 31.0. The van der Waals surface area contributed by atoms with Gasteiger partial charge in [0.2, 0.25) is 11.8 Å². The van der Waals surface area contributed by atoms with Gasteiger partial charge in [0.1, 0.15) is 17.7 Å². The molecule has 0 saturated carbocycles. The van der Waals surface area contributed by atoms with Crippen LogP contribution in [0.25, 0.3) is 6.08 Å². The van der Waals surface area contributed by atoms with Gasteiger partial charge in [0.25, 0.3) is 0 Å². The number of rotatable bonds is 9. The first-order valence-electron chi connectivity index (χ1n) is 15.8. The number of nitrogens with two attached hydrogens (primary N) is 1. The number of alkyl carbamates (subject to hydrolysis) is 2. The Morgan fingerprint density at radius 2 is 1.27 bits per heavy atom. The maximum absolute atomic E-state index is 12.0. The zero-order chi connectivity index (χ0) is 39.8. The number of carboxylic acid groups (broad SMARTS) is 1. The summed E-state index contributed by atoms with van der Waals surface area (Å²) < 4.78 is 20.3. The lowest BCUT2D eigenvalue weighted by Crippen LogP contribution is -2.43. The highest BCUT2D eigenvalue weighted by molar-refractivity contribution is 5.93. The summed E-state index contributed by atoms with van der Waals surface area (Å²) in [7, 11) is 0. The SMILES string of the molecule is CC(=O)NCC(=O)CNC(=O)OC(C)(C)C.CC(=O)NN.CC(C)(C)OC(=O)NCC(=O)O.CCOC(=O)N1c2ccccc2C=CC1OCC. The average Bonchev–Trinajstić information content (AvgIpc) is 3.01. The number of carbonyl (C=O) groups is 7. The first-order valence-corrected chi connectivity index (χ1v) is 15.8. The van der Waals surface area contributed by atoms with Crippen molar-refractivity contribution in [1.82, 2.24) is 21.4 Å². The lowest BCUT2D eigenvalue weighted by molar-refractivity contribution is -0.136. The molecule has 1 heterocycles. The summed E-state index contributed by atoms with van der Waals surface area (Å²) in [6.45, 7) is 16.9. The van der Waals surface area contributed by atoms with Gasteiger partial charge in [0, 0.05) is 20.5 Å². The minimum Gasteiger partial charge on any atom is -0.480 e. The summed E-state index contributed by atoms with van der Waals surface area (Å²) in [6.07, 6.45) is 1.68. The second kappa shape index (κ2) is 24.8. The standard InChI is InChI=1S/C14H17NO3.C10H18N2O4.C7H13NO4.C2H6N2O/c1-3-17-13-10-9-11-7-5-6-8-12(11)15(13)14(16)18-4-2;1-7(13)11-5-8(14)6-12-9(15)16-10(2,3)4;1-7(2,3)12-6(11)8-4-5(9)10;1-2(5)4-3/h5-10,13H,3-4H2,1-2H3;5-6H2,1-4H3,(H,11,13)(H,12,15);4H2,1-3H3,(H,8,11)(H,9,10);3H2,1H3,(H,4,5). The third-order valence-electron chi connectivity index (χ3n) is 5.04. The summed E-state index contributed by atoms with van der Waals surface area (Å²) in [5, 5.41) is 14.9. The van der Waals surface area contributed by atoms with Crippen molar-refractivity contribution in [2.24, 2.45) is 5.84 Å². The van der Waals surface area contributed by atoms with E-state index in [-0.39, 0.29) is 36.8 Å². The molecule has 1 aromatic carbocycles. The van der Waals surface area contributed by atoms with Gasteiger partial charge in [0.05, 0.1) is 25.4 Å². The van der Waals surface area contributed by atoms with Crippen LogP contribution in [0.2, 0.25) is 0 Å². The lowest BCUT2D eigenvalue weighted by Gasteiger charge is -2.32. The summed E-state index contributed by atoms with van der Waals surface area (Å²) in [4.78, 5) is 76.7. The van der Waals surface area contributed by atoms with E-state index in [1.165, 1.54) is 13.8 Å². The first kappa shape index (κ1) is 47.9. The van der Waals surface area contributed by atoms with Gasteiger partial charge >= 0.3 is 24.2 Å². The third kappa shape index (κ3) is 26.3. The maximum atomic E-state index is 12.0. The molecule has 18 nitrogen and oxygen atoms in total. The van der Waals surface area contributed by atoms with Crippen LogP contribution >= 0.6 is 0 Å². The molecule has 18 heteroatoms. The van der Waals surface area contributed by atoms with E-state index in [0.29, 0.717) is 13.2 Å². The summed E-state index contributed by atoms with van der Waals surface area (Å²) >= 11 is 0. The Morgan fingerprint density at radius 1 is 0.784 bits per heavy atom. The molecule has 5 amide bonds. The number of nitrogens with one attached hydrogen (secondary N) is 4. The van der Waals surface area contributed by atoms with Crippen LogP contribution < -0.4 is 32.1 Å². The molecule has 2 rings (SSSR count). The van der Waals surface area contributed by atoms with E-state index in [1.54, 1.807) is 53.4 Å².